The van der Waals surface area contributed by atoms with Crippen molar-refractivity contribution < 1.29 is 28.6 Å². The van der Waals surface area contributed by atoms with Crippen molar-refractivity contribution in [3.8, 4) is 17.2 Å². The number of sulfonamides is 1. The number of rotatable bonds is 7. The average molecular weight is 445 g/mol. The Labute approximate surface area is 181 Å². The molecule has 0 saturated heterocycles. The van der Waals surface area contributed by atoms with Crippen LogP contribution < -0.4 is 18.9 Å². The molecule has 0 unspecified atom stereocenters. The first-order valence-corrected chi connectivity index (χ1v) is 11.1. The molecule has 4 rings (SSSR count). The van der Waals surface area contributed by atoms with Gasteiger partial charge in [0.05, 0.1) is 21.3 Å². The first-order valence-electron chi connectivity index (χ1n) is 9.57. The Balaban J connectivity index is 0.00000289. The van der Waals surface area contributed by atoms with Gasteiger partial charge in [0.2, 0.25) is 0 Å². The fraction of sp³-hybridized carbons (Fsp3) is 0.227. The van der Waals surface area contributed by atoms with E-state index in [0.717, 1.165) is 24.0 Å². The minimum Gasteiger partial charge on any atom is -0.496 e. The summed E-state index contributed by atoms with van der Waals surface area (Å²) in [5.74, 6) is 0.738. The Morgan fingerprint density at radius 2 is 1.71 bits per heavy atom. The van der Waals surface area contributed by atoms with Crippen LogP contribution in [0.25, 0.3) is 16.5 Å². The summed E-state index contributed by atoms with van der Waals surface area (Å²) in [5, 5.41) is 4.43. The largest absolute Gasteiger partial charge is 0.496 e. The topological polar surface area (TPSA) is 99.9 Å². The van der Waals surface area contributed by atoms with Crippen LogP contribution in [-0.2, 0) is 10.0 Å². The molecule has 164 valence electrons. The molecule has 9 heteroatoms. The molecule has 3 aromatic rings. The van der Waals surface area contributed by atoms with Gasteiger partial charge >= 0.3 is 0 Å². The maximum absolute atomic E-state index is 13.3. The van der Waals surface area contributed by atoms with Crippen molar-refractivity contribution in [1.82, 2.24) is 5.16 Å². The van der Waals surface area contributed by atoms with Crippen LogP contribution in [0.3, 0.4) is 0 Å². The molecule has 0 radical (unpaired) electrons. The number of hydrogen-bond donors (Lipinski definition) is 1. The molecule has 0 spiro atoms. The monoisotopic (exact) mass is 444 g/mol. The van der Waals surface area contributed by atoms with Crippen molar-refractivity contribution in [3.63, 3.8) is 0 Å². The highest BCUT2D eigenvalue weighted by molar-refractivity contribution is 7.93. The zero-order valence-electron chi connectivity index (χ0n) is 17.3. The number of ether oxygens (including phenoxy) is 3. The molecule has 0 atom stereocenters. The number of nitrogens with one attached hydrogen (secondary N) is 1. The van der Waals surface area contributed by atoms with Gasteiger partial charge in [-0.1, -0.05) is 29.5 Å². The van der Waals surface area contributed by atoms with E-state index in [1.807, 2.05) is 12.1 Å². The van der Waals surface area contributed by atoms with E-state index in [-0.39, 0.29) is 23.6 Å². The van der Waals surface area contributed by atoms with Crippen LogP contribution >= 0.6 is 0 Å². The summed E-state index contributed by atoms with van der Waals surface area (Å²) in [5.41, 5.74) is 2.22. The van der Waals surface area contributed by atoms with Crippen molar-refractivity contribution in [1.29, 1.82) is 0 Å². The van der Waals surface area contributed by atoms with Crippen LogP contribution in [0, 0.1) is 0 Å². The summed E-state index contributed by atoms with van der Waals surface area (Å²) in [6.07, 6.45) is 8.09. The highest BCUT2D eigenvalue weighted by Crippen LogP contribution is 2.40. The van der Waals surface area contributed by atoms with Gasteiger partial charge < -0.3 is 18.7 Å². The first kappa shape index (κ1) is 20.8. The summed E-state index contributed by atoms with van der Waals surface area (Å²) >= 11 is 0. The highest BCUT2D eigenvalue weighted by atomic mass is 32.2. The number of aromatic nitrogens is 1. The molecule has 0 aliphatic heterocycles. The minimum atomic E-state index is -4.13. The first-order chi connectivity index (χ1) is 15.0. The quantitative estimate of drug-likeness (QED) is 0.567. The molecule has 1 N–H and O–H groups in total. The molecule has 1 aliphatic carbocycles. The van der Waals surface area contributed by atoms with E-state index in [9.17, 15) is 8.42 Å². The molecular formula is C22H24N2O6S. The third-order valence-corrected chi connectivity index (χ3v) is 6.39. The van der Waals surface area contributed by atoms with Gasteiger partial charge in [-0.2, -0.15) is 0 Å². The Morgan fingerprint density at radius 1 is 1.00 bits per heavy atom. The SMILES string of the molecule is COc1cccc(OC)c1S(=O)(=O)Nc1noc2c(C3=CCCC=C3)ccc(OC)c12.[HH]. The Bertz CT molecular complexity index is 1270. The molecule has 0 amide bonds. The van der Waals surface area contributed by atoms with Crippen LogP contribution in [0.2, 0.25) is 0 Å². The second-order valence-electron chi connectivity index (χ2n) is 6.79. The van der Waals surface area contributed by atoms with E-state index in [0.29, 0.717) is 16.7 Å². The van der Waals surface area contributed by atoms with Crippen LogP contribution in [-0.4, -0.2) is 34.9 Å². The lowest BCUT2D eigenvalue weighted by molar-refractivity contribution is 0.373. The number of allylic oxidation sites excluding steroid dienone is 4. The molecule has 0 fully saturated rings. The fourth-order valence-corrected chi connectivity index (χ4v) is 4.89. The Kier molecular flexibility index (Phi) is 5.60. The number of fused-ring (bicyclic) bond motifs is 1. The lowest BCUT2D eigenvalue weighted by atomic mass is 9.98. The van der Waals surface area contributed by atoms with Gasteiger partial charge in [-0.25, -0.2) is 8.42 Å². The standard InChI is InChI=1S/C22H22N2O6S.H2/c1-27-16-13-12-15(14-8-5-4-6-9-14)20-19(16)22(23-30-20)24-31(25,26)21-17(28-2)10-7-11-18(21)29-3;/h5,7-13H,4,6H2,1-3H3,(H,23,24);1H. The maximum atomic E-state index is 13.3. The second kappa shape index (κ2) is 8.35. The van der Waals surface area contributed by atoms with Crippen molar-refractivity contribution >= 4 is 32.4 Å². The van der Waals surface area contributed by atoms with E-state index in [1.165, 1.54) is 21.3 Å². The van der Waals surface area contributed by atoms with Crippen LogP contribution in [0.1, 0.15) is 19.8 Å². The zero-order valence-corrected chi connectivity index (χ0v) is 18.2. The van der Waals surface area contributed by atoms with Crippen LogP contribution in [0.4, 0.5) is 5.82 Å². The van der Waals surface area contributed by atoms with Gasteiger partial charge in [-0.15, -0.1) is 0 Å². The van der Waals surface area contributed by atoms with E-state index in [2.05, 4.69) is 22.0 Å². The summed E-state index contributed by atoms with van der Waals surface area (Å²) in [7, 11) is 0.151. The number of methoxy groups -OCH3 is 3. The summed E-state index contributed by atoms with van der Waals surface area (Å²) in [6.45, 7) is 0. The number of anilines is 1. The lowest BCUT2D eigenvalue weighted by Crippen LogP contribution is -2.15. The summed E-state index contributed by atoms with van der Waals surface area (Å²) in [6, 6.07) is 8.36. The van der Waals surface area contributed by atoms with E-state index >= 15 is 0 Å². The lowest BCUT2D eigenvalue weighted by Gasteiger charge is -2.14. The molecule has 0 saturated carbocycles. The predicted molar refractivity (Wildman–Crippen MR) is 119 cm³/mol. The number of hydrogen-bond acceptors (Lipinski definition) is 7. The minimum absolute atomic E-state index is 0. The molecular weight excluding hydrogens is 420 g/mol. The molecule has 1 heterocycles. The van der Waals surface area contributed by atoms with Gasteiger partial charge in [-0.05, 0) is 42.7 Å². The zero-order chi connectivity index (χ0) is 22.0. The summed E-state index contributed by atoms with van der Waals surface area (Å²) in [4.78, 5) is -0.135. The smallest absolute Gasteiger partial charge is 0.270 e. The van der Waals surface area contributed by atoms with Gasteiger partial charge in [0.15, 0.2) is 16.3 Å². The Morgan fingerprint density at radius 3 is 2.32 bits per heavy atom. The van der Waals surface area contributed by atoms with E-state index in [1.54, 1.807) is 24.3 Å². The van der Waals surface area contributed by atoms with Gasteiger partial charge in [0.25, 0.3) is 10.0 Å². The highest BCUT2D eigenvalue weighted by Gasteiger charge is 2.28. The van der Waals surface area contributed by atoms with Crippen molar-refractivity contribution in [2.24, 2.45) is 0 Å². The third-order valence-electron chi connectivity index (χ3n) is 4.99. The van der Waals surface area contributed by atoms with Gasteiger partial charge in [0.1, 0.15) is 22.6 Å². The molecule has 1 aliphatic rings. The van der Waals surface area contributed by atoms with Crippen molar-refractivity contribution in [3.05, 3.63) is 54.1 Å². The molecule has 8 nitrogen and oxygen atoms in total. The normalized spacial score (nSPS) is 13.7. The number of nitrogens with zero attached hydrogens (tertiary/aromatic N) is 1. The van der Waals surface area contributed by atoms with E-state index < -0.39 is 10.0 Å². The van der Waals surface area contributed by atoms with Gasteiger partial charge in [-0.3, -0.25) is 4.72 Å². The third kappa shape index (κ3) is 3.72. The Hall–Kier alpha value is -3.46. The van der Waals surface area contributed by atoms with Crippen molar-refractivity contribution in [2.45, 2.75) is 17.7 Å². The van der Waals surface area contributed by atoms with E-state index in [4.69, 9.17) is 18.7 Å². The maximum Gasteiger partial charge on any atom is 0.270 e. The fourth-order valence-electron chi connectivity index (χ4n) is 3.56. The van der Waals surface area contributed by atoms with Crippen molar-refractivity contribution in [2.75, 3.05) is 26.1 Å². The predicted octanol–water partition coefficient (Wildman–Crippen LogP) is 4.63. The molecule has 0 bridgehead atoms. The van der Waals surface area contributed by atoms with Gasteiger partial charge in [0, 0.05) is 6.99 Å². The van der Waals surface area contributed by atoms with Crippen LogP contribution in [0.5, 0.6) is 17.2 Å². The average Bonchev–Trinajstić information content (AvgIpc) is 3.21. The molecule has 31 heavy (non-hydrogen) atoms. The summed E-state index contributed by atoms with van der Waals surface area (Å²) < 4.78 is 50.6. The molecule has 1 aromatic heterocycles. The number of benzene rings is 2. The van der Waals surface area contributed by atoms with Crippen LogP contribution in [0.15, 0.2) is 58.0 Å². The molecule has 2 aromatic carbocycles. The second-order valence-corrected chi connectivity index (χ2v) is 8.41.